The van der Waals surface area contributed by atoms with Gasteiger partial charge in [-0.1, -0.05) is 36.4 Å². The predicted molar refractivity (Wildman–Crippen MR) is 134 cm³/mol. The van der Waals surface area contributed by atoms with E-state index in [1.807, 2.05) is 78.9 Å². The second-order valence-corrected chi connectivity index (χ2v) is 8.58. The van der Waals surface area contributed by atoms with Crippen LogP contribution in [-0.4, -0.2) is 29.8 Å². The summed E-state index contributed by atoms with van der Waals surface area (Å²) < 4.78 is 11.3. The quantitative estimate of drug-likeness (QED) is 0.366. The Morgan fingerprint density at radius 1 is 0.886 bits per heavy atom. The molecule has 2 heterocycles. The molecule has 0 saturated carbocycles. The maximum absolute atomic E-state index is 13.2. The highest BCUT2D eigenvalue weighted by atomic mass is 16.5. The molecule has 5 rings (SSSR count). The van der Waals surface area contributed by atoms with E-state index >= 15 is 0 Å². The van der Waals surface area contributed by atoms with Gasteiger partial charge >= 0.3 is 0 Å². The lowest BCUT2D eigenvalue weighted by atomic mass is 9.96. The Balaban J connectivity index is 1.23. The molecule has 1 aliphatic heterocycles. The number of carbonyl (C=O) groups is 2. The summed E-state index contributed by atoms with van der Waals surface area (Å²) in [5.74, 6) is 1.64. The Hall–Kier alpha value is -4.32. The van der Waals surface area contributed by atoms with E-state index < -0.39 is 0 Å². The molecule has 0 spiro atoms. The molecule has 1 N–H and O–H groups in total. The normalized spacial score (nSPS) is 15.4. The lowest BCUT2D eigenvalue weighted by Gasteiger charge is -2.32. The minimum atomic E-state index is -0.278. The van der Waals surface area contributed by atoms with Crippen LogP contribution in [0.5, 0.6) is 11.5 Å². The Morgan fingerprint density at radius 3 is 2.54 bits per heavy atom. The van der Waals surface area contributed by atoms with Gasteiger partial charge in [0.2, 0.25) is 5.91 Å². The third kappa shape index (κ3) is 5.44. The van der Waals surface area contributed by atoms with Crippen LogP contribution in [0.2, 0.25) is 0 Å². The van der Waals surface area contributed by atoms with Crippen molar-refractivity contribution < 1.29 is 18.7 Å². The molecular formula is C29H26N2O4. The maximum atomic E-state index is 13.2. The van der Waals surface area contributed by atoms with Crippen LogP contribution in [0, 0.1) is 5.92 Å². The van der Waals surface area contributed by atoms with Crippen molar-refractivity contribution in [1.29, 1.82) is 0 Å². The Kier molecular flexibility index (Phi) is 6.61. The number of amides is 2. The van der Waals surface area contributed by atoms with E-state index in [9.17, 15) is 9.59 Å². The van der Waals surface area contributed by atoms with Crippen LogP contribution in [0.15, 0.2) is 102 Å². The number of hydrogen-bond donors (Lipinski definition) is 1. The van der Waals surface area contributed by atoms with Gasteiger partial charge in [-0.3, -0.25) is 9.59 Å². The van der Waals surface area contributed by atoms with E-state index in [1.54, 1.807) is 23.3 Å². The molecule has 3 aromatic carbocycles. The van der Waals surface area contributed by atoms with Gasteiger partial charge < -0.3 is 19.4 Å². The van der Waals surface area contributed by atoms with Crippen LogP contribution in [0.1, 0.15) is 23.2 Å². The molecule has 4 aromatic rings. The summed E-state index contributed by atoms with van der Waals surface area (Å²) in [4.78, 5) is 28.0. The zero-order chi connectivity index (χ0) is 24.0. The molecule has 1 aromatic heterocycles. The van der Waals surface area contributed by atoms with Crippen LogP contribution in [0.3, 0.4) is 0 Å². The first-order valence-electron chi connectivity index (χ1n) is 11.7. The Labute approximate surface area is 204 Å². The fraction of sp³-hybridized carbons (Fsp3) is 0.172. The summed E-state index contributed by atoms with van der Waals surface area (Å²) in [6.45, 7) is 1.02. The van der Waals surface area contributed by atoms with Crippen molar-refractivity contribution in [3.8, 4) is 22.8 Å². The van der Waals surface area contributed by atoms with Crippen LogP contribution < -0.4 is 10.1 Å². The van der Waals surface area contributed by atoms with E-state index in [-0.39, 0.29) is 17.7 Å². The minimum absolute atomic E-state index is 0.0748. The number of para-hydroxylation sites is 1. The molecule has 6 heteroatoms. The fourth-order valence-corrected chi connectivity index (χ4v) is 4.31. The number of ether oxygens (including phenoxy) is 1. The second-order valence-electron chi connectivity index (χ2n) is 8.58. The number of anilines is 1. The number of piperidine rings is 1. The fourth-order valence-electron chi connectivity index (χ4n) is 4.31. The first kappa shape index (κ1) is 22.5. The molecule has 1 aliphatic rings. The summed E-state index contributed by atoms with van der Waals surface area (Å²) in [6.07, 6.45) is 3.13. The lowest BCUT2D eigenvalue weighted by molar-refractivity contribution is -0.121. The van der Waals surface area contributed by atoms with Crippen molar-refractivity contribution in [1.82, 2.24) is 4.90 Å². The number of nitrogens with one attached hydrogen (secondary N) is 1. The number of likely N-dealkylation sites (tertiary alicyclic amines) is 1. The molecule has 0 radical (unpaired) electrons. The monoisotopic (exact) mass is 466 g/mol. The van der Waals surface area contributed by atoms with Gasteiger partial charge in [-0.25, -0.2) is 0 Å². The summed E-state index contributed by atoms with van der Waals surface area (Å²) >= 11 is 0. The van der Waals surface area contributed by atoms with Gasteiger partial charge in [0.05, 0.1) is 12.2 Å². The predicted octanol–water partition coefficient (Wildman–Crippen LogP) is 6.23. The summed E-state index contributed by atoms with van der Waals surface area (Å²) in [7, 11) is 0. The number of furan rings is 1. The Morgan fingerprint density at radius 2 is 1.71 bits per heavy atom. The molecule has 0 aliphatic carbocycles. The number of benzene rings is 3. The van der Waals surface area contributed by atoms with Gasteiger partial charge in [-0.15, -0.1) is 0 Å². The van der Waals surface area contributed by atoms with Gasteiger partial charge in [-0.2, -0.15) is 0 Å². The third-order valence-electron chi connectivity index (χ3n) is 6.08. The molecule has 6 nitrogen and oxygen atoms in total. The topological polar surface area (TPSA) is 71.8 Å². The third-order valence-corrected chi connectivity index (χ3v) is 6.08. The summed E-state index contributed by atoms with van der Waals surface area (Å²) in [5, 5.41) is 3.00. The zero-order valence-corrected chi connectivity index (χ0v) is 19.2. The summed E-state index contributed by atoms with van der Waals surface area (Å²) in [6, 6.07) is 27.9. The molecule has 1 atom stereocenters. The minimum Gasteiger partial charge on any atom is -0.464 e. The summed E-state index contributed by atoms with van der Waals surface area (Å²) in [5.41, 5.74) is 2.11. The molecule has 35 heavy (non-hydrogen) atoms. The zero-order valence-electron chi connectivity index (χ0n) is 19.2. The molecule has 1 unspecified atom stereocenters. The average molecular weight is 467 g/mol. The maximum Gasteiger partial charge on any atom is 0.253 e. The van der Waals surface area contributed by atoms with Gasteiger partial charge in [0.1, 0.15) is 17.3 Å². The number of nitrogens with zero attached hydrogens (tertiary/aromatic N) is 1. The van der Waals surface area contributed by atoms with Gasteiger partial charge in [0, 0.05) is 36.0 Å². The van der Waals surface area contributed by atoms with E-state index in [1.165, 1.54) is 0 Å². The van der Waals surface area contributed by atoms with Crippen LogP contribution in [0.25, 0.3) is 11.3 Å². The van der Waals surface area contributed by atoms with Gasteiger partial charge in [0.15, 0.2) is 0 Å². The smallest absolute Gasteiger partial charge is 0.253 e. The first-order valence-corrected chi connectivity index (χ1v) is 11.7. The highest BCUT2D eigenvalue weighted by molar-refractivity contribution is 5.97. The van der Waals surface area contributed by atoms with Gasteiger partial charge in [0.25, 0.3) is 5.91 Å². The largest absolute Gasteiger partial charge is 0.464 e. The van der Waals surface area contributed by atoms with Crippen LogP contribution in [-0.2, 0) is 4.79 Å². The highest BCUT2D eigenvalue weighted by Gasteiger charge is 2.29. The number of carbonyl (C=O) groups excluding carboxylic acids is 2. The van der Waals surface area contributed by atoms with E-state index in [2.05, 4.69) is 5.32 Å². The molecule has 176 valence electrons. The van der Waals surface area contributed by atoms with E-state index in [0.29, 0.717) is 35.9 Å². The average Bonchev–Trinajstić information content (AvgIpc) is 3.45. The number of hydrogen-bond acceptors (Lipinski definition) is 4. The first-order chi connectivity index (χ1) is 17.2. The van der Waals surface area contributed by atoms with Crippen molar-refractivity contribution >= 4 is 17.5 Å². The van der Waals surface area contributed by atoms with Gasteiger partial charge in [-0.05, 0) is 61.4 Å². The van der Waals surface area contributed by atoms with Crippen LogP contribution in [0.4, 0.5) is 5.69 Å². The van der Waals surface area contributed by atoms with Crippen molar-refractivity contribution in [2.75, 3.05) is 18.4 Å². The van der Waals surface area contributed by atoms with Crippen molar-refractivity contribution in [3.63, 3.8) is 0 Å². The van der Waals surface area contributed by atoms with Crippen molar-refractivity contribution in [2.45, 2.75) is 12.8 Å². The Bertz CT molecular complexity index is 1300. The molecule has 2 amide bonds. The van der Waals surface area contributed by atoms with E-state index in [0.717, 1.165) is 24.2 Å². The SMILES string of the molecule is O=C(Nc1cccc(Oc2ccccc2)c1)C1CCCN(C(=O)c2cccc(-c3ccco3)c2)C1. The lowest BCUT2D eigenvalue weighted by Crippen LogP contribution is -2.43. The molecular weight excluding hydrogens is 440 g/mol. The second kappa shape index (κ2) is 10.3. The molecule has 1 fully saturated rings. The molecule has 1 saturated heterocycles. The number of rotatable bonds is 6. The molecule has 0 bridgehead atoms. The van der Waals surface area contributed by atoms with Crippen LogP contribution >= 0.6 is 0 Å². The highest BCUT2D eigenvalue weighted by Crippen LogP contribution is 2.26. The van der Waals surface area contributed by atoms with E-state index in [4.69, 9.17) is 9.15 Å². The van der Waals surface area contributed by atoms with Crippen molar-refractivity contribution in [3.05, 3.63) is 103 Å². The standard InChI is InChI=1S/C29H26N2O4/c32-28(30-24-11-5-14-26(19-24)35-25-12-2-1-3-13-25)23-10-6-16-31(20-23)29(33)22-9-4-8-21(18-22)27-15-7-17-34-27/h1-5,7-9,11-15,17-19,23H,6,10,16,20H2,(H,30,32). The van der Waals surface area contributed by atoms with Crippen molar-refractivity contribution in [2.24, 2.45) is 5.92 Å².